The summed E-state index contributed by atoms with van der Waals surface area (Å²) in [5.41, 5.74) is 2.62. The van der Waals surface area contributed by atoms with Crippen LogP contribution in [0.5, 0.6) is 0 Å². The highest BCUT2D eigenvalue weighted by Crippen LogP contribution is 2.25. The number of anilines is 1. The van der Waals surface area contributed by atoms with E-state index in [4.69, 9.17) is 21.7 Å². The van der Waals surface area contributed by atoms with Crippen LogP contribution in [0, 0.1) is 0 Å². The highest BCUT2D eigenvalue weighted by molar-refractivity contribution is 7.98. The maximum Gasteiger partial charge on any atom is 0.335 e. The molecule has 0 saturated carbocycles. The van der Waals surface area contributed by atoms with Gasteiger partial charge in [-0.25, -0.2) is 14.8 Å². The Labute approximate surface area is 190 Å². The van der Waals surface area contributed by atoms with E-state index in [0.717, 1.165) is 44.1 Å². The third-order valence-electron chi connectivity index (χ3n) is 5.17. The Hall–Kier alpha value is -2.61. The average Bonchev–Trinajstić information content (AvgIpc) is 2.79. The summed E-state index contributed by atoms with van der Waals surface area (Å²) in [6.07, 6.45) is 0. The zero-order valence-corrected chi connectivity index (χ0v) is 18.5. The fourth-order valence-electron chi connectivity index (χ4n) is 3.48. The van der Waals surface area contributed by atoms with E-state index >= 15 is 0 Å². The standard InChI is InChI=1S/C23H23ClN4O2S/c24-20-14-21(28-12-10-27(11-13-28)15-17-4-2-1-3-5-17)26-23(25-20)31-16-18-6-8-19(9-7-18)22(29)30/h1-9,14H,10-13,15-16H2,(H,29,30). The molecule has 0 atom stereocenters. The normalized spacial score (nSPS) is 14.5. The molecule has 6 nitrogen and oxygen atoms in total. The molecule has 1 aliphatic heterocycles. The number of carboxylic acids is 1. The lowest BCUT2D eigenvalue weighted by atomic mass is 10.1. The molecule has 2 aromatic carbocycles. The van der Waals surface area contributed by atoms with E-state index in [1.54, 1.807) is 12.1 Å². The van der Waals surface area contributed by atoms with E-state index < -0.39 is 5.97 Å². The highest BCUT2D eigenvalue weighted by atomic mass is 35.5. The van der Waals surface area contributed by atoms with Crippen molar-refractivity contribution >= 4 is 35.1 Å². The number of nitrogens with zero attached hydrogens (tertiary/aromatic N) is 4. The van der Waals surface area contributed by atoms with Gasteiger partial charge in [0.25, 0.3) is 0 Å². The van der Waals surface area contributed by atoms with Crippen LogP contribution in [0.1, 0.15) is 21.5 Å². The number of halogens is 1. The van der Waals surface area contributed by atoms with E-state index in [0.29, 0.717) is 16.1 Å². The third-order valence-corrected chi connectivity index (χ3v) is 6.29. The first kappa shape index (κ1) is 21.6. The van der Waals surface area contributed by atoms with Gasteiger partial charge in [0, 0.05) is 44.5 Å². The molecule has 0 unspecified atom stereocenters. The number of aromatic nitrogens is 2. The van der Waals surface area contributed by atoms with Gasteiger partial charge in [-0.15, -0.1) is 0 Å². The topological polar surface area (TPSA) is 69.6 Å². The molecule has 1 aliphatic rings. The Morgan fingerprint density at radius 3 is 2.35 bits per heavy atom. The van der Waals surface area contributed by atoms with Crippen molar-refractivity contribution in [3.05, 3.63) is 82.5 Å². The molecule has 2 heterocycles. The van der Waals surface area contributed by atoms with Crippen molar-refractivity contribution < 1.29 is 9.90 Å². The number of hydrogen-bond donors (Lipinski definition) is 1. The van der Waals surface area contributed by atoms with Crippen LogP contribution in [0.2, 0.25) is 5.15 Å². The molecule has 1 fully saturated rings. The molecule has 0 radical (unpaired) electrons. The summed E-state index contributed by atoms with van der Waals surface area (Å²) in [5.74, 6) is 0.568. The largest absolute Gasteiger partial charge is 0.478 e. The van der Waals surface area contributed by atoms with Gasteiger partial charge in [0.1, 0.15) is 11.0 Å². The van der Waals surface area contributed by atoms with Gasteiger partial charge in [0.05, 0.1) is 5.56 Å². The molecule has 0 aliphatic carbocycles. The molecule has 1 N–H and O–H groups in total. The second-order valence-electron chi connectivity index (χ2n) is 7.37. The first-order chi connectivity index (χ1) is 15.1. The Balaban J connectivity index is 1.35. The predicted octanol–water partition coefficient (Wildman–Crippen LogP) is 4.44. The molecule has 0 amide bonds. The summed E-state index contributed by atoms with van der Waals surface area (Å²) in [4.78, 5) is 24.7. The van der Waals surface area contributed by atoms with Crippen molar-refractivity contribution in [2.75, 3.05) is 31.1 Å². The summed E-state index contributed by atoms with van der Waals surface area (Å²) in [7, 11) is 0. The second kappa shape index (κ2) is 10.1. The van der Waals surface area contributed by atoms with E-state index in [1.807, 2.05) is 24.3 Å². The molecular weight excluding hydrogens is 432 g/mol. The zero-order valence-electron chi connectivity index (χ0n) is 16.9. The maximum atomic E-state index is 11.0. The fraction of sp³-hybridized carbons (Fsp3) is 0.261. The molecule has 4 rings (SSSR count). The summed E-state index contributed by atoms with van der Waals surface area (Å²) in [6.45, 7) is 4.67. The molecule has 31 heavy (non-hydrogen) atoms. The van der Waals surface area contributed by atoms with Crippen molar-refractivity contribution in [2.45, 2.75) is 17.5 Å². The number of aromatic carboxylic acids is 1. The van der Waals surface area contributed by atoms with Gasteiger partial charge in [-0.2, -0.15) is 0 Å². The summed E-state index contributed by atoms with van der Waals surface area (Å²) < 4.78 is 0. The highest BCUT2D eigenvalue weighted by Gasteiger charge is 2.19. The van der Waals surface area contributed by atoms with Crippen molar-refractivity contribution in [1.29, 1.82) is 0 Å². The monoisotopic (exact) mass is 454 g/mol. The SMILES string of the molecule is O=C(O)c1ccc(CSc2nc(Cl)cc(N3CCN(Cc4ccccc4)CC3)n2)cc1. The van der Waals surface area contributed by atoms with Crippen LogP contribution < -0.4 is 4.90 Å². The number of rotatable bonds is 7. The third kappa shape index (κ3) is 5.97. The Morgan fingerprint density at radius 2 is 1.68 bits per heavy atom. The molecule has 1 aromatic heterocycles. The smallest absolute Gasteiger partial charge is 0.335 e. The minimum atomic E-state index is -0.925. The molecule has 3 aromatic rings. The molecule has 8 heteroatoms. The Bertz CT molecular complexity index is 1030. The lowest BCUT2D eigenvalue weighted by Gasteiger charge is -2.35. The number of carboxylic acid groups (broad SMARTS) is 1. The first-order valence-corrected chi connectivity index (χ1v) is 11.4. The lowest BCUT2D eigenvalue weighted by molar-refractivity contribution is 0.0697. The molecule has 160 valence electrons. The Kier molecular flexibility index (Phi) is 7.06. The molecule has 1 saturated heterocycles. The van der Waals surface area contributed by atoms with Crippen LogP contribution in [0.4, 0.5) is 5.82 Å². The number of thioether (sulfide) groups is 1. The molecular formula is C23H23ClN4O2S. The number of carbonyl (C=O) groups is 1. The van der Waals surface area contributed by atoms with E-state index in [2.05, 4.69) is 39.0 Å². The quantitative estimate of drug-likeness (QED) is 0.321. The minimum Gasteiger partial charge on any atom is -0.478 e. The van der Waals surface area contributed by atoms with Crippen molar-refractivity contribution in [3.63, 3.8) is 0 Å². The number of piperazine rings is 1. The van der Waals surface area contributed by atoms with E-state index in [-0.39, 0.29) is 5.56 Å². The van der Waals surface area contributed by atoms with Crippen molar-refractivity contribution in [3.8, 4) is 0 Å². The number of hydrogen-bond acceptors (Lipinski definition) is 6. The number of benzene rings is 2. The van der Waals surface area contributed by atoms with E-state index in [1.165, 1.54) is 17.3 Å². The van der Waals surface area contributed by atoms with Gasteiger partial charge in [-0.3, -0.25) is 4.90 Å². The van der Waals surface area contributed by atoms with Gasteiger partial charge >= 0.3 is 5.97 Å². The van der Waals surface area contributed by atoms with Crippen LogP contribution >= 0.6 is 23.4 Å². The van der Waals surface area contributed by atoms with Crippen LogP contribution in [0.15, 0.2) is 65.8 Å². The fourth-order valence-corrected chi connectivity index (χ4v) is 4.52. The van der Waals surface area contributed by atoms with Crippen LogP contribution in [0.3, 0.4) is 0 Å². The zero-order chi connectivity index (χ0) is 21.6. The maximum absolute atomic E-state index is 11.0. The first-order valence-electron chi connectivity index (χ1n) is 10.1. The summed E-state index contributed by atoms with van der Waals surface area (Å²) in [5, 5.41) is 10.1. The second-order valence-corrected chi connectivity index (χ2v) is 8.70. The van der Waals surface area contributed by atoms with Crippen molar-refractivity contribution in [2.24, 2.45) is 0 Å². The van der Waals surface area contributed by atoms with Crippen LogP contribution in [0.25, 0.3) is 0 Å². The minimum absolute atomic E-state index is 0.279. The van der Waals surface area contributed by atoms with Gasteiger partial charge in [0.2, 0.25) is 0 Å². The summed E-state index contributed by atoms with van der Waals surface area (Å²) >= 11 is 7.77. The van der Waals surface area contributed by atoms with E-state index in [9.17, 15) is 4.79 Å². The molecule has 0 spiro atoms. The van der Waals surface area contributed by atoms with Gasteiger partial charge in [-0.05, 0) is 23.3 Å². The van der Waals surface area contributed by atoms with Crippen LogP contribution in [-0.2, 0) is 12.3 Å². The molecule has 0 bridgehead atoms. The van der Waals surface area contributed by atoms with Crippen molar-refractivity contribution in [1.82, 2.24) is 14.9 Å². The van der Waals surface area contributed by atoms with Gasteiger partial charge in [-0.1, -0.05) is 65.8 Å². The Morgan fingerprint density at radius 1 is 0.968 bits per heavy atom. The lowest BCUT2D eigenvalue weighted by Crippen LogP contribution is -2.46. The van der Waals surface area contributed by atoms with Gasteiger partial charge in [0.15, 0.2) is 5.16 Å². The summed E-state index contributed by atoms with van der Waals surface area (Å²) in [6, 6.07) is 19.2. The van der Waals surface area contributed by atoms with Crippen LogP contribution in [-0.4, -0.2) is 52.1 Å². The average molecular weight is 455 g/mol. The van der Waals surface area contributed by atoms with Gasteiger partial charge < -0.3 is 10.0 Å². The predicted molar refractivity (Wildman–Crippen MR) is 124 cm³/mol.